The molecule has 1 aliphatic rings. The molecule has 116 valence electrons. The molecule has 0 amide bonds. The summed E-state index contributed by atoms with van der Waals surface area (Å²) in [6, 6.07) is 14.5. The Bertz CT molecular complexity index is 780. The highest BCUT2D eigenvalue weighted by Gasteiger charge is 2.22. The molecule has 0 saturated carbocycles. The fourth-order valence-electron chi connectivity index (χ4n) is 2.98. The third-order valence-corrected chi connectivity index (χ3v) is 6.47. The van der Waals surface area contributed by atoms with Gasteiger partial charge in [-0.2, -0.15) is 0 Å². The summed E-state index contributed by atoms with van der Waals surface area (Å²) in [4.78, 5) is 11.3. The number of Topliss-reactive ketones (excluding diaryl/α,β-unsaturated/α-hetero) is 1. The summed E-state index contributed by atoms with van der Waals surface area (Å²) in [5, 5.41) is 2.42. The molecule has 3 rings (SSSR count). The number of hydrogen-bond donors (Lipinski definition) is 0. The molecule has 1 atom stereocenters. The number of hydrogen-bond acceptors (Lipinski definition) is 2. The van der Waals surface area contributed by atoms with Crippen LogP contribution < -0.4 is 0 Å². The highest BCUT2D eigenvalue weighted by Crippen LogP contribution is 2.20. The van der Waals surface area contributed by atoms with Gasteiger partial charge < -0.3 is 0 Å². The molecular weight excluding hydrogens is 294 g/mol. The number of rotatable bonds is 4. The van der Waals surface area contributed by atoms with Crippen molar-refractivity contribution in [2.75, 3.05) is 18.8 Å². The van der Waals surface area contributed by atoms with Gasteiger partial charge in [-0.05, 0) is 28.6 Å². The molecule has 2 aromatic rings. The van der Waals surface area contributed by atoms with E-state index in [2.05, 4.69) is 30.1 Å². The molecule has 0 aromatic heterocycles. The van der Waals surface area contributed by atoms with Crippen molar-refractivity contribution in [3.63, 3.8) is 0 Å². The summed E-state index contributed by atoms with van der Waals surface area (Å²) in [5.41, 5.74) is 1.21. The van der Waals surface area contributed by atoms with Crippen molar-refractivity contribution in [3.05, 3.63) is 48.0 Å². The van der Waals surface area contributed by atoms with Gasteiger partial charge in [-0.1, -0.05) is 42.5 Å². The number of carbonyl (C=O) groups excluding carboxylic acids is 1. The van der Waals surface area contributed by atoms with Gasteiger partial charge in [-0.15, -0.1) is 0 Å². The van der Waals surface area contributed by atoms with Crippen LogP contribution >= 0.6 is 0 Å². The number of carbonyl (C=O) groups is 1. The Labute approximate surface area is 132 Å². The lowest BCUT2D eigenvalue weighted by atomic mass is 10.0. The normalized spacial score (nSPS) is 19.2. The van der Waals surface area contributed by atoms with Crippen LogP contribution in [0.3, 0.4) is 0 Å². The molecule has 1 heterocycles. The standard InChI is InChI=1S/C18H21NO2S/c1-22(21,19-12-9-17(20)10-13-19)14-11-16-7-4-6-15-5-2-3-8-18(15)16/h2-8H,1,9-14H2. The van der Waals surface area contributed by atoms with E-state index in [1.165, 1.54) is 16.3 Å². The Kier molecular flexibility index (Phi) is 4.32. The molecule has 0 spiro atoms. The second-order valence-electron chi connectivity index (χ2n) is 5.83. The Hall–Kier alpha value is -1.65. The number of piperidine rings is 1. The van der Waals surface area contributed by atoms with E-state index in [9.17, 15) is 9.00 Å². The van der Waals surface area contributed by atoms with Gasteiger partial charge in [0.25, 0.3) is 0 Å². The molecule has 1 fully saturated rings. The monoisotopic (exact) mass is 315 g/mol. The minimum atomic E-state index is -2.29. The zero-order chi connectivity index (χ0) is 15.6. The zero-order valence-corrected chi connectivity index (χ0v) is 13.5. The molecule has 0 N–H and O–H groups in total. The average Bonchev–Trinajstić information content (AvgIpc) is 2.53. The molecule has 1 unspecified atom stereocenters. The van der Waals surface area contributed by atoms with Crippen LogP contribution in [0.1, 0.15) is 18.4 Å². The third-order valence-electron chi connectivity index (χ3n) is 4.32. The first kappa shape index (κ1) is 15.3. The predicted molar refractivity (Wildman–Crippen MR) is 93.6 cm³/mol. The summed E-state index contributed by atoms with van der Waals surface area (Å²) in [5.74, 6) is 4.76. The lowest BCUT2D eigenvalue weighted by Gasteiger charge is -2.29. The Morgan fingerprint density at radius 1 is 1.05 bits per heavy atom. The van der Waals surface area contributed by atoms with Crippen molar-refractivity contribution in [2.24, 2.45) is 0 Å². The maximum Gasteiger partial charge on any atom is 0.135 e. The SMILES string of the molecule is C=S(=O)(CCc1cccc2ccccc12)N1CCC(=O)CC1. The van der Waals surface area contributed by atoms with Crippen LogP contribution in [-0.4, -0.2) is 39.0 Å². The number of ketones is 1. The van der Waals surface area contributed by atoms with E-state index in [4.69, 9.17) is 0 Å². The molecule has 2 aromatic carbocycles. The summed E-state index contributed by atoms with van der Waals surface area (Å²) in [6.07, 6.45) is 1.75. The Balaban J connectivity index is 1.74. The largest absolute Gasteiger partial charge is 0.300 e. The van der Waals surface area contributed by atoms with Crippen LogP contribution in [0.2, 0.25) is 0 Å². The van der Waals surface area contributed by atoms with Gasteiger partial charge in [0.2, 0.25) is 0 Å². The third kappa shape index (κ3) is 3.23. The number of aryl methyl sites for hydroxylation is 1. The van der Waals surface area contributed by atoms with Gasteiger partial charge in [-0.25, -0.2) is 4.31 Å². The van der Waals surface area contributed by atoms with E-state index in [0.717, 1.165) is 6.42 Å². The lowest BCUT2D eigenvalue weighted by molar-refractivity contribution is -0.120. The Morgan fingerprint density at radius 2 is 1.73 bits per heavy atom. The predicted octanol–water partition coefficient (Wildman–Crippen LogP) is 2.68. The Morgan fingerprint density at radius 3 is 2.50 bits per heavy atom. The molecule has 0 bridgehead atoms. The van der Waals surface area contributed by atoms with Gasteiger partial charge >= 0.3 is 0 Å². The van der Waals surface area contributed by atoms with Crippen LogP contribution in [0.4, 0.5) is 0 Å². The minimum Gasteiger partial charge on any atom is -0.300 e. The molecule has 1 aliphatic heterocycles. The minimum absolute atomic E-state index is 0.264. The summed E-state index contributed by atoms with van der Waals surface area (Å²) >= 11 is 0. The molecule has 3 nitrogen and oxygen atoms in total. The summed E-state index contributed by atoms with van der Waals surface area (Å²) < 4.78 is 14.8. The molecule has 0 radical (unpaired) electrons. The van der Waals surface area contributed by atoms with E-state index in [0.29, 0.717) is 31.7 Å². The van der Waals surface area contributed by atoms with Crippen molar-refractivity contribution < 1.29 is 9.00 Å². The van der Waals surface area contributed by atoms with E-state index in [1.807, 2.05) is 22.5 Å². The quantitative estimate of drug-likeness (QED) is 0.814. The summed E-state index contributed by atoms with van der Waals surface area (Å²) in [6.45, 7) is 1.16. The molecule has 22 heavy (non-hydrogen) atoms. The van der Waals surface area contributed by atoms with E-state index in [-0.39, 0.29) is 5.78 Å². The van der Waals surface area contributed by atoms with E-state index in [1.54, 1.807) is 0 Å². The highest BCUT2D eigenvalue weighted by atomic mass is 32.2. The van der Waals surface area contributed by atoms with Crippen molar-refractivity contribution in [1.29, 1.82) is 0 Å². The van der Waals surface area contributed by atoms with Gasteiger partial charge in [0, 0.05) is 41.4 Å². The van der Waals surface area contributed by atoms with E-state index < -0.39 is 9.71 Å². The van der Waals surface area contributed by atoms with Crippen LogP contribution in [0.25, 0.3) is 10.8 Å². The van der Waals surface area contributed by atoms with Crippen LogP contribution in [0, 0.1) is 0 Å². The number of nitrogens with zero attached hydrogens (tertiary/aromatic N) is 1. The van der Waals surface area contributed by atoms with Gasteiger partial charge in [0.1, 0.15) is 5.78 Å². The molecular formula is C18H21NO2S. The lowest BCUT2D eigenvalue weighted by Crippen LogP contribution is -2.40. The van der Waals surface area contributed by atoms with Crippen LogP contribution in [0.15, 0.2) is 42.5 Å². The summed E-state index contributed by atoms with van der Waals surface area (Å²) in [7, 11) is -2.29. The smallest absolute Gasteiger partial charge is 0.135 e. The van der Waals surface area contributed by atoms with Gasteiger partial charge in [0.05, 0.1) is 0 Å². The highest BCUT2D eigenvalue weighted by molar-refractivity contribution is 7.98. The molecule has 0 aliphatic carbocycles. The molecule has 4 heteroatoms. The van der Waals surface area contributed by atoms with E-state index >= 15 is 0 Å². The first-order valence-corrected chi connectivity index (χ1v) is 9.50. The van der Waals surface area contributed by atoms with Crippen molar-refractivity contribution in [2.45, 2.75) is 19.3 Å². The van der Waals surface area contributed by atoms with Crippen molar-refractivity contribution >= 4 is 32.1 Å². The van der Waals surface area contributed by atoms with Gasteiger partial charge in [-0.3, -0.25) is 9.00 Å². The fraction of sp³-hybridized carbons (Fsp3) is 0.333. The number of benzene rings is 2. The van der Waals surface area contributed by atoms with Crippen LogP contribution in [-0.2, 0) is 20.9 Å². The molecule has 1 saturated heterocycles. The second kappa shape index (κ2) is 6.23. The van der Waals surface area contributed by atoms with Crippen molar-refractivity contribution in [1.82, 2.24) is 4.31 Å². The maximum atomic E-state index is 12.9. The first-order valence-electron chi connectivity index (χ1n) is 7.65. The average molecular weight is 315 g/mol. The second-order valence-corrected chi connectivity index (χ2v) is 8.30. The van der Waals surface area contributed by atoms with Crippen molar-refractivity contribution in [3.8, 4) is 0 Å². The maximum absolute atomic E-state index is 12.9. The first-order chi connectivity index (χ1) is 10.6. The number of fused-ring (bicyclic) bond motifs is 1. The van der Waals surface area contributed by atoms with Gasteiger partial charge in [0.15, 0.2) is 0 Å². The zero-order valence-electron chi connectivity index (χ0n) is 12.7. The topological polar surface area (TPSA) is 37.4 Å². The fourth-order valence-corrected chi connectivity index (χ4v) is 4.62. The van der Waals surface area contributed by atoms with Crippen LogP contribution in [0.5, 0.6) is 0 Å².